The molecular weight excluding hydrogens is 529 g/mol. The van der Waals surface area contributed by atoms with Crippen molar-refractivity contribution < 1.29 is 0 Å². The Bertz CT molecular complexity index is 937. The zero-order valence-electron chi connectivity index (χ0n) is 27.2. The van der Waals surface area contributed by atoms with Gasteiger partial charge in [-0.15, -0.1) is 0 Å². The molecule has 4 nitrogen and oxygen atoms in total. The van der Waals surface area contributed by atoms with Crippen LogP contribution < -0.4 is 5.32 Å². The van der Waals surface area contributed by atoms with Crippen LogP contribution in [0.25, 0.3) is 0 Å². The summed E-state index contributed by atoms with van der Waals surface area (Å²) in [7, 11) is 0. The van der Waals surface area contributed by atoms with Crippen molar-refractivity contribution in [2.45, 2.75) is 161 Å². The highest BCUT2D eigenvalue weighted by molar-refractivity contribution is 7.99. The summed E-state index contributed by atoms with van der Waals surface area (Å²) >= 11 is 3.56. The average molecular weight is 587 g/mol. The first-order valence-corrected chi connectivity index (χ1v) is 17.9. The maximum absolute atomic E-state index is 4.88. The molecule has 0 fully saturated rings. The maximum Gasteiger partial charge on any atom is 0.232 e. The summed E-state index contributed by atoms with van der Waals surface area (Å²) in [6.07, 6.45) is 15.7. The summed E-state index contributed by atoms with van der Waals surface area (Å²) in [6.45, 7) is 20.6. The molecule has 1 heterocycles. The number of hydrogen-bond acceptors (Lipinski definition) is 6. The average Bonchev–Trinajstić information content (AvgIpc) is 2.87. The zero-order valence-corrected chi connectivity index (χ0v) is 28.8. The summed E-state index contributed by atoms with van der Waals surface area (Å²) in [5, 5.41) is 5.28. The summed E-state index contributed by atoms with van der Waals surface area (Å²) in [4.78, 5) is 14.6. The van der Waals surface area contributed by atoms with Crippen LogP contribution in [0.3, 0.4) is 0 Å². The molecule has 0 aliphatic rings. The van der Waals surface area contributed by atoms with Crippen molar-refractivity contribution in [2.24, 2.45) is 0 Å². The highest BCUT2D eigenvalue weighted by Crippen LogP contribution is 2.37. The smallest absolute Gasteiger partial charge is 0.232 e. The number of nitrogens with one attached hydrogen (secondary N) is 1. The number of nitrogens with zero attached hydrogens (tertiary/aromatic N) is 3. The molecule has 0 amide bonds. The van der Waals surface area contributed by atoms with Gasteiger partial charge in [0.25, 0.3) is 0 Å². The summed E-state index contributed by atoms with van der Waals surface area (Å²) in [6, 6.07) is 4.58. The van der Waals surface area contributed by atoms with Crippen LogP contribution in [0.5, 0.6) is 0 Å². The standard InChI is InChI=1S/C34H58N4S2/c1-10-12-14-16-18-20-22-39-31-36-30(37-32(38-31)40-23-21-19-17-15-13-11-2)35-27-24-28(33(4,5)6)26(3)29(25-27)34(7,8)9/h24-25H,10-23H2,1-9H3,(H,35,36,37,38). The Kier molecular flexibility index (Phi) is 15.4. The molecule has 6 heteroatoms. The number of rotatable bonds is 18. The minimum Gasteiger partial charge on any atom is -0.324 e. The highest BCUT2D eigenvalue weighted by atomic mass is 32.2. The fourth-order valence-electron chi connectivity index (χ4n) is 5.09. The van der Waals surface area contributed by atoms with Crippen molar-refractivity contribution in [3.63, 3.8) is 0 Å². The van der Waals surface area contributed by atoms with Crippen LogP contribution in [0.15, 0.2) is 22.4 Å². The van der Waals surface area contributed by atoms with Gasteiger partial charge in [0.05, 0.1) is 0 Å². The van der Waals surface area contributed by atoms with Crippen LogP contribution in [-0.2, 0) is 10.8 Å². The van der Waals surface area contributed by atoms with Crippen molar-refractivity contribution in [1.82, 2.24) is 15.0 Å². The van der Waals surface area contributed by atoms with Crippen LogP contribution >= 0.6 is 23.5 Å². The Labute approximate surface area is 255 Å². The van der Waals surface area contributed by atoms with Gasteiger partial charge in [0.15, 0.2) is 10.3 Å². The Morgan fingerprint density at radius 3 is 1.40 bits per heavy atom. The fraction of sp³-hybridized carbons (Fsp3) is 0.735. The summed E-state index contributed by atoms with van der Waals surface area (Å²) in [5.74, 6) is 2.78. The van der Waals surface area contributed by atoms with Gasteiger partial charge in [-0.2, -0.15) is 15.0 Å². The lowest BCUT2D eigenvalue weighted by Crippen LogP contribution is -2.20. The topological polar surface area (TPSA) is 50.7 Å². The van der Waals surface area contributed by atoms with Gasteiger partial charge in [-0.3, -0.25) is 0 Å². The zero-order chi connectivity index (χ0) is 29.6. The van der Waals surface area contributed by atoms with Crippen LogP contribution in [0.4, 0.5) is 11.6 Å². The molecule has 0 spiro atoms. The second-order valence-electron chi connectivity index (χ2n) is 13.3. The second kappa shape index (κ2) is 17.6. The van der Waals surface area contributed by atoms with E-state index in [-0.39, 0.29) is 10.8 Å². The normalized spacial score (nSPS) is 12.2. The quantitative estimate of drug-likeness (QED) is 0.138. The molecule has 0 saturated carbocycles. The predicted molar refractivity (Wildman–Crippen MR) is 180 cm³/mol. The lowest BCUT2D eigenvalue weighted by Gasteiger charge is -2.30. The molecule has 1 aromatic carbocycles. The van der Waals surface area contributed by atoms with Gasteiger partial charge < -0.3 is 5.32 Å². The largest absolute Gasteiger partial charge is 0.324 e. The van der Waals surface area contributed by atoms with Crippen molar-refractivity contribution >= 4 is 35.2 Å². The number of thioether (sulfide) groups is 2. The summed E-state index contributed by atoms with van der Waals surface area (Å²) in [5.41, 5.74) is 5.28. The molecule has 0 saturated heterocycles. The van der Waals surface area contributed by atoms with Gasteiger partial charge >= 0.3 is 0 Å². The molecule has 2 aromatic rings. The lowest BCUT2D eigenvalue weighted by molar-refractivity contribution is 0.561. The second-order valence-corrected chi connectivity index (χ2v) is 15.4. The maximum atomic E-state index is 4.88. The highest BCUT2D eigenvalue weighted by Gasteiger charge is 2.24. The molecule has 0 radical (unpaired) electrons. The third-order valence-electron chi connectivity index (χ3n) is 7.33. The van der Waals surface area contributed by atoms with E-state index in [2.05, 4.69) is 79.8 Å². The van der Waals surface area contributed by atoms with Gasteiger partial charge in [-0.05, 0) is 59.4 Å². The molecule has 0 aliphatic heterocycles. The predicted octanol–water partition coefficient (Wildman–Crippen LogP) is 11.4. The SMILES string of the molecule is CCCCCCCCSc1nc(Nc2cc(C(C)(C)C)c(C)c(C(C)(C)C)c2)nc(SCCCCCCCC)n1. The molecule has 0 bridgehead atoms. The third-order valence-corrected chi connectivity index (χ3v) is 9.20. The van der Waals surface area contributed by atoms with E-state index in [9.17, 15) is 0 Å². The van der Waals surface area contributed by atoms with Crippen LogP contribution in [0.1, 0.15) is 149 Å². The van der Waals surface area contributed by atoms with E-state index >= 15 is 0 Å². The fourth-order valence-corrected chi connectivity index (χ4v) is 6.81. The van der Waals surface area contributed by atoms with Crippen molar-refractivity contribution in [3.05, 3.63) is 28.8 Å². The van der Waals surface area contributed by atoms with Crippen molar-refractivity contribution in [1.29, 1.82) is 0 Å². The van der Waals surface area contributed by atoms with Gasteiger partial charge in [-0.1, -0.05) is 143 Å². The van der Waals surface area contributed by atoms with E-state index in [1.54, 1.807) is 23.5 Å². The molecule has 0 aliphatic carbocycles. The molecule has 40 heavy (non-hydrogen) atoms. The summed E-state index contributed by atoms with van der Waals surface area (Å²) < 4.78 is 0. The van der Waals surface area contributed by atoms with E-state index in [0.29, 0.717) is 5.95 Å². The first-order valence-electron chi connectivity index (χ1n) is 15.9. The van der Waals surface area contributed by atoms with E-state index in [1.807, 2.05) is 0 Å². The van der Waals surface area contributed by atoms with Gasteiger partial charge in [0.2, 0.25) is 5.95 Å². The Morgan fingerprint density at radius 2 is 1.00 bits per heavy atom. The van der Waals surface area contributed by atoms with E-state index in [1.165, 1.54) is 93.7 Å². The van der Waals surface area contributed by atoms with Crippen LogP contribution in [0.2, 0.25) is 0 Å². The van der Waals surface area contributed by atoms with Gasteiger partial charge in [0, 0.05) is 17.2 Å². The van der Waals surface area contributed by atoms with E-state index in [0.717, 1.165) is 27.5 Å². The monoisotopic (exact) mass is 586 g/mol. The minimum absolute atomic E-state index is 0.0527. The number of anilines is 2. The van der Waals surface area contributed by atoms with Crippen molar-refractivity contribution in [3.8, 4) is 0 Å². The Morgan fingerprint density at radius 1 is 0.600 bits per heavy atom. The molecule has 0 unspecified atom stereocenters. The minimum atomic E-state index is 0.0527. The van der Waals surface area contributed by atoms with Crippen LogP contribution in [0, 0.1) is 6.92 Å². The van der Waals surface area contributed by atoms with Crippen molar-refractivity contribution in [2.75, 3.05) is 16.8 Å². The molecule has 0 atom stereocenters. The van der Waals surface area contributed by atoms with E-state index < -0.39 is 0 Å². The molecule has 1 aromatic heterocycles. The molecule has 226 valence electrons. The number of aromatic nitrogens is 3. The molecule has 2 rings (SSSR count). The first-order chi connectivity index (χ1) is 19.0. The Hall–Kier alpha value is -1.27. The first kappa shape index (κ1) is 34.9. The molecular formula is C34H58N4S2. The third kappa shape index (κ3) is 12.7. The Balaban J connectivity index is 2.22. The lowest BCUT2D eigenvalue weighted by atomic mass is 9.76. The van der Waals surface area contributed by atoms with Gasteiger partial charge in [-0.25, -0.2) is 0 Å². The number of unbranched alkanes of at least 4 members (excludes halogenated alkanes) is 10. The number of benzene rings is 1. The van der Waals surface area contributed by atoms with Gasteiger partial charge in [0.1, 0.15) is 0 Å². The number of hydrogen-bond donors (Lipinski definition) is 1. The van der Waals surface area contributed by atoms with Crippen LogP contribution in [-0.4, -0.2) is 26.5 Å². The van der Waals surface area contributed by atoms with E-state index in [4.69, 9.17) is 15.0 Å². The molecule has 1 N–H and O–H groups in total.